The molecule has 0 bridgehead atoms. The average molecular weight is 225 g/mol. The second-order valence-corrected chi connectivity index (χ2v) is 5.14. The number of carbonyl (C=O) groups excluding carboxylic acids is 1. The molecule has 2 N–H and O–H groups in total. The molecule has 0 saturated carbocycles. The molecule has 92 valence electrons. The van der Waals surface area contributed by atoms with Crippen molar-refractivity contribution in [3.05, 3.63) is 0 Å². The Bertz CT molecular complexity index is 299. The Morgan fingerprint density at radius 1 is 1.50 bits per heavy atom. The van der Waals surface area contributed by atoms with E-state index in [0.717, 1.165) is 25.8 Å². The highest BCUT2D eigenvalue weighted by atomic mass is 16.2. The zero-order valence-corrected chi connectivity index (χ0v) is 10.8. The van der Waals surface area contributed by atoms with Crippen molar-refractivity contribution in [1.82, 2.24) is 4.90 Å². The van der Waals surface area contributed by atoms with Crippen molar-refractivity contribution in [1.29, 1.82) is 0 Å². The van der Waals surface area contributed by atoms with Gasteiger partial charge in [0.2, 0.25) is 0 Å². The van der Waals surface area contributed by atoms with Crippen LogP contribution in [-0.4, -0.2) is 28.9 Å². The van der Waals surface area contributed by atoms with Crippen molar-refractivity contribution >= 4 is 11.9 Å². The van der Waals surface area contributed by atoms with E-state index in [4.69, 9.17) is 5.73 Å². The molecule has 16 heavy (non-hydrogen) atoms. The number of nitrogens with zero attached hydrogens (tertiary/aromatic N) is 2. The van der Waals surface area contributed by atoms with E-state index in [9.17, 15) is 4.79 Å². The van der Waals surface area contributed by atoms with E-state index in [1.165, 1.54) is 0 Å². The molecule has 4 nitrogen and oxygen atoms in total. The maximum Gasteiger partial charge on any atom is 0.346 e. The van der Waals surface area contributed by atoms with Crippen LogP contribution in [-0.2, 0) is 0 Å². The summed E-state index contributed by atoms with van der Waals surface area (Å²) in [6, 6.07) is -0.175. The van der Waals surface area contributed by atoms with Gasteiger partial charge in [-0.25, -0.2) is 4.79 Å². The van der Waals surface area contributed by atoms with Gasteiger partial charge in [0, 0.05) is 6.54 Å². The third kappa shape index (κ3) is 2.36. The molecule has 0 radical (unpaired) electrons. The molecule has 1 rings (SSSR count). The zero-order chi connectivity index (χ0) is 12.3. The monoisotopic (exact) mass is 225 g/mol. The first-order valence-electron chi connectivity index (χ1n) is 6.08. The van der Waals surface area contributed by atoms with Crippen LogP contribution in [0.4, 0.5) is 4.79 Å². The van der Waals surface area contributed by atoms with Crippen LogP contribution >= 0.6 is 0 Å². The van der Waals surface area contributed by atoms with Gasteiger partial charge in [0.15, 0.2) is 0 Å². The molecule has 1 unspecified atom stereocenters. The van der Waals surface area contributed by atoms with E-state index >= 15 is 0 Å². The summed E-state index contributed by atoms with van der Waals surface area (Å²) in [6.45, 7) is 9.17. The van der Waals surface area contributed by atoms with E-state index < -0.39 is 0 Å². The molecule has 0 aromatic heterocycles. The number of hydrogen-bond donors (Lipinski definition) is 1. The number of amides is 2. The van der Waals surface area contributed by atoms with Gasteiger partial charge in [-0.05, 0) is 32.1 Å². The van der Waals surface area contributed by atoms with Crippen LogP contribution in [0.15, 0.2) is 4.99 Å². The Labute approximate surface area is 97.9 Å². The first-order valence-corrected chi connectivity index (χ1v) is 6.08. The largest absolute Gasteiger partial charge is 0.385 e. The van der Waals surface area contributed by atoms with Crippen LogP contribution in [0.3, 0.4) is 0 Å². The lowest BCUT2D eigenvalue weighted by atomic mass is 9.90. The van der Waals surface area contributed by atoms with E-state index in [0.29, 0.717) is 11.8 Å². The first-order chi connectivity index (χ1) is 7.41. The van der Waals surface area contributed by atoms with Crippen LogP contribution in [0.25, 0.3) is 0 Å². The van der Waals surface area contributed by atoms with E-state index in [-0.39, 0.29) is 11.6 Å². The van der Waals surface area contributed by atoms with Crippen molar-refractivity contribution in [2.45, 2.75) is 52.5 Å². The number of rotatable bonds is 5. The summed E-state index contributed by atoms with van der Waals surface area (Å²) in [5, 5.41) is 0. The van der Waals surface area contributed by atoms with Crippen molar-refractivity contribution < 1.29 is 4.79 Å². The number of aliphatic imine (C=N–C) groups is 1. The van der Waals surface area contributed by atoms with E-state index in [2.05, 4.69) is 25.8 Å². The highest BCUT2D eigenvalue weighted by Crippen LogP contribution is 2.29. The summed E-state index contributed by atoms with van der Waals surface area (Å²) in [5.41, 5.74) is 5.53. The SMILES string of the molecule is CCCN1C(=O)N=C(N)C1(C)CCC(C)C. The Kier molecular flexibility index (Phi) is 3.94. The molecule has 2 amide bonds. The lowest BCUT2D eigenvalue weighted by Gasteiger charge is -2.35. The third-order valence-corrected chi connectivity index (χ3v) is 3.25. The second-order valence-electron chi connectivity index (χ2n) is 5.14. The van der Waals surface area contributed by atoms with Gasteiger partial charge >= 0.3 is 6.03 Å². The predicted molar refractivity (Wildman–Crippen MR) is 66.5 cm³/mol. The van der Waals surface area contributed by atoms with Crippen LogP contribution in [0.2, 0.25) is 0 Å². The number of urea groups is 1. The molecule has 0 aromatic carbocycles. The maximum absolute atomic E-state index is 11.7. The van der Waals surface area contributed by atoms with E-state index in [1.54, 1.807) is 0 Å². The Hall–Kier alpha value is -1.06. The van der Waals surface area contributed by atoms with Crippen molar-refractivity contribution in [3.8, 4) is 0 Å². The molecule has 0 fully saturated rings. The summed E-state index contributed by atoms with van der Waals surface area (Å²) < 4.78 is 0. The van der Waals surface area contributed by atoms with Gasteiger partial charge in [-0.2, -0.15) is 4.99 Å². The normalized spacial score (nSPS) is 25.4. The Balaban J connectivity index is 2.80. The molecule has 0 spiro atoms. The number of amidine groups is 1. The molecule has 1 atom stereocenters. The molecule has 0 aromatic rings. The van der Waals surface area contributed by atoms with Crippen LogP contribution in [0, 0.1) is 5.92 Å². The third-order valence-electron chi connectivity index (χ3n) is 3.25. The number of hydrogen-bond acceptors (Lipinski definition) is 2. The minimum Gasteiger partial charge on any atom is -0.385 e. The topological polar surface area (TPSA) is 58.7 Å². The molecule has 0 saturated heterocycles. The zero-order valence-electron chi connectivity index (χ0n) is 10.8. The van der Waals surface area contributed by atoms with Gasteiger partial charge in [0.1, 0.15) is 5.84 Å². The first kappa shape index (κ1) is 13.0. The smallest absolute Gasteiger partial charge is 0.346 e. The summed E-state index contributed by atoms with van der Waals surface area (Å²) in [6.07, 6.45) is 2.89. The fraction of sp³-hybridized carbons (Fsp3) is 0.833. The standard InChI is InChI=1S/C12H23N3O/c1-5-8-15-11(16)14-10(13)12(15,4)7-6-9(2)3/h9H,5-8H2,1-4H3,(H2,13,14,16). The van der Waals surface area contributed by atoms with Gasteiger partial charge in [0.05, 0.1) is 5.54 Å². The summed E-state index contributed by atoms with van der Waals surface area (Å²) in [7, 11) is 0. The van der Waals surface area contributed by atoms with Crippen molar-refractivity contribution in [2.24, 2.45) is 16.6 Å². The van der Waals surface area contributed by atoms with Crippen molar-refractivity contribution in [3.63, 3.8) is 0 Å². The van der Waals surface area contributed by atoms with Crippen LogP contribution < -0.4 is 5.73 Å². The lowest BCUT2D eigenvalue weighted by Crippen LogP contribution is -2.52. The number of carbonyl (C=O) groups is 1. The van der Waals surface area contributed by atoms with Gasteiger partial charge in [-0.15, -0.1) is 0 Å². The molecule has 0 aliphatic carbocycles. The molecular formula is C12H23N3O. The fourth-order valence-electron chi connectivity index (χ4n) is 2.03. The summed E-state index contributed by atoms with van der Waals surface area (Å²) >= 11 is 0. The molecular weight excluding hydrogens is 202 g/mol. The fourth-order valence-corrected chi connectivity index (χ4v) is 2.03. The predicted octanol–water partition coefficient (Wildman–Crippen LogP) is 2.38. The van der Waals surface area contributed by atoms with Gasteiger partial charge < -0.3 is 10.6 Å². The number of nitrogens with two attached hydrogens (primary N) is 1. The van der Waals surface area contributed by atoms with Crippen LogP contribution in [0.1, 0.15) is 47.0 Å². The quantitative estimate of drug-likeness (QED) is 0.781. The maximum atomic E-state index is 11.7. The summed E-state index contributed by atoms with van der Waals surface area (Å²) in [5.74, 6) is 1.09. The Morgan fingerprint density at radius 3 is 2.62 bits per heavy atom. The van der Waals surface area contributed by atoms with Crippen LogP contribution in [0.5, 0.6) is 0 Å². The highest BCUT2D eigenvalue weighted by Gasteiger charge is 2.43. The van der Waals surface area contributed by atoms with E-state index in [1.807, 2.05) is 11.8 Å². The highest BCUT2D eigenvalue weighted by molar-refractivity contribution is 6.05. The molecule has 1 aliphatic heterocycles. The molecule has 4 heteroatoms. The summed E-state index contributed by atoms with van der Waals surface area (Å²) in [4.78, 5) is 17.4. The minimum atomic E-state index is -0.364. The lowest BCUT2D eigenvalue weighted by molar-refractivity contribution is 0.169. The average Bonchev–Trinajstić information content (AvgIpc) is 2.40. The minimum absolute atomic E-state index is 0.175. The van der Waals surface area contributed by atoms with Gasteiger partial charge in [0.25, 0.3) is 0 Å². The second kappa shape index (κ2) is 4.85. The van der Waals surface area contributed by atoms with Crippen molar-refractivity contribution in [2.75, 3.05) is 6.54 Å². The Morgan fingerprint density at radius 2 is 2.12 bits per heavy atom. The van der Waals surface area contributed by atoms with Gasteiger partial charge in [-0.3, -0.25) is 0 Å². The van der Waals surface area contributed by atoms with Gasteiger partial charge in [-0.1, -0.05) is 20.8 Å². The molecule has 1 heterocycles. The molecule has 1 aliphatic rings.